The average molecular weight is 229 g/mol. The second-order valence-electron chi connectivity index (χ2n) is 3.37. The molecule has 1 atom stereocenters. The molecule has 1 aromatic carbocycles. The highest BCUT2D eigenvalue weighted by Crippen LogP contribution is 2.29. The van der Waals surface area contributed by atoms with Gasteiger partial charge in [-0.3, -0.25) is 0 Å². The third-order valence-corrected chi connectivity index (χ3v) is 2.67. The Balaban J connectivity index is 2.70. The first-order valence-corrected chi connectivity index (χ1v) is 5.07. The number of aromatic amines is 1. The molecule has 0 fully saturated rings. The van der Waals surface area contributed by atoms with Gasteiger partial charge in [-0.05, 0) is 25.1 Å². The predicted octanol–water partition coefficient (Wildman–Crippen LogP) is 3.49. The molecule has 1 heterocycles. The maximum Gasteiger partial charge on any atom is 0.0661 e. The van der Waals surface area contributed by atoms with Crippen LogP contribution in [-0.4, -0.2) is 4.98 Å². The lowest BCUT2D eigenvalue weighted by molar-refractivity contribution is 0.792. The molecule has 0 aliphatic carbocycles. The number of hydrogen-bond acceptors (Lipinski definition) is 1. The van der Waals surface area contributed by atoms with Gasteiger partial charge in [-0.2, -0.15) is 0 Å². The van der Waals surface area contributed by atoms with Crippen molar-refractivity contribution in [2.75, 3.05) is 0 Å². The molecule has 0 saturated heterocycles. The standard InChI is InChI=1S/C10H10Cl2N2/c1-5(13)9-3-6-2-7(11)4-8(12)10(6)14-9/h2-5,14H,13H2,1H3. The van der Waals surface area contributed by atoms with Crippen LogP contribution in [0.1, 0.15) is 18.7 Å². The number of rotatable bonds is 1. The van der Waals surface area contributed by atoms with Crippen molar-refractivity contribution in [3.8, 4) is 0 Å². The first-order valence-electron chi connectivity index (χ1n) is 4.31. The van der Waals surface area contributed by atoms with E-state index in [1.54, 1.807) is 6.07 Å². The van der Waals surface area contributed by atoms with Crippen LogP contribution in [-0.2, 0) is 0 Å². The fourth-order valence-corrected chi connectivity index (χ4v) is 1.99. The Hall–Kier alpha value is -0.700. The summed E-state index contributed by atoms with van der Waals surface area (Å²) >= 11 is 11.9. The number of benzene rings is 1. The highest BCUT2D eigenvalue weighted by atomic mass is 35.5. The van der Waals surface area contributed by atoms with Crippen molar-refractivity contribution >= 4 is 34.1 Å². The summed E-state index contributed by atoms with van der Waals surface area (Å²) in [5.74, 6) is 0. The molecule has 74 valence electrons. The Labute approximate surface area is 92.0 Å². The summed E-state index contributed by atoms with van der Waals surface area (Å²) in [6.45, 7) is 1.92. The summed E-state index contributed by atoms with van der Waals surface area (Å²) in [7, 11) is 0. The number of H-pyrrole nitrogens is 1. The van der Waals surface area contributed by atoms with Gasteiger partial charge < -0.3 is 10.7 Å². The van der Waals surface area contributed by atoms with E-state index in [4.69, 9.17) is 28.9 Å². The molecule has 2 nitrogen and oxygen atoms in total. The van der Waals surface area contributed by atoms with Crippen LogP contribution in [0.4, 0.5) is 0 Å². The van der Waals surface area contributed by atoms with Crippen LogP contribution in [0, 0.1) is 0 Å². The van der Waals surface area contributed by atoms with E-state index in [-0.39, 0.29) is 6.04 Å². The first kappa shape index (κ1) is 9.84. The summed E-state index contributed by atoms with van der Waals surface area (Å²) in [4.78, 5) is 3.17. The van der Waals surface area contributed by atoms with E-state index in [9.17, 15) is 0 Å². The lowest BCUT2D eigenvalue weighted by Crippen LogP contribution is -2.04. The molecule has 0 saturated carbocycles. The van der Waals surface area contributed by atoms with Crippen molar-refractivity contribution in [3.05, 3.63) is 33.9 Å². The van der Waals surface area contributed by atoms with Gasteiger partial charge in [0.2, 0.25) is 0 Å². The maximum absolute atomic E-state index is 6.02. The van der Waals surface area contributed by atoms with Crippen LogP contribution < -0.4 is 5.73 Å². The van der Waals surface area contributed by atoms with Crippen LogP contribution in [0.2, 0.25) is 10.0 Å². The van der Waals surface area contributed by atoms with Gasteiger partial charge in [0.15, 0.2) is 0 Å². The Morgan fingerprint density at radius 3 is 2.64 bits per heavy atom. The number of aromatic nitrogens is 1. The highest BCUT2D eigenvalue weighted by Gasteiger charge is 2.08. The minimum atomic E-state index is -0.0303. The number of halogens is 2. The Morgan fingerprint density at radius 2 is 2.00 bits per heavy atom. The largest absolute Gasteiger partial charge is 0.356 e. The zero-order chi connectivity index (χ0) is 10.3. The minimum absolute atomic E-state index is 0.0303. The third kappa shape index (κ3) is 1.61. The highest BCUT2D eigenvalue weighted by molar-refractivity contribution is 6.38. The molecule has 0 aliphatic rings. The number of hydrogen-bond donors (Lipinski definition) is 2. The molecule has 4 heteroatoms. The molecule has 3 N–H and O–H groups in total. The van der Waals surface area contributed by atoms with Gasteiger partial charge in [0.25, 0.3) is 0 Å². The van der Waals surface area contributed by atoms with E-state index < -0.39 is 0 Å². The second kappa shape index (κ2) is 3.46. The van der Waals surface area contributed by atoms with Gasteiger partial charge in [0, 0.05) is 22.1 Å². The molecule has 1 aromatic heterocycles. The van der Waals surface area contributed by atoms with Crippen molar-refractivity contribution in [2.24, 2.45) is 5.73 Å². The van der Waals surface area contributed by atoms with E-state index in [0.717, 1.165) is 16.6 Å². The van der Waals surface area contributed by atoms with Crippen molar-refractivity contribution in [2.45, 2.75) is 13.0 Å². The molecule has 0 aliphatic heterocycles. The normalized spacial score (nSPS) is 13.4. The number of nitrogens with two attached hydrogens (primary N) is 1. The van der Waals surface area contributed by atoms with Crippen LogP contribution in [0.5, 0.6) is 0 Å². The maximum atomic E-state index is 6.02. The van der Waals surface area contributed by atoms with Crippen molar-refractivity contribution in [3.63, 3.8) is 0 Å². The van der Waals surface area contributed by atoms with Gasteiger partial charge in [-0.1, -0.05) is 23.2 Å². The Morgan fingerprint density at radius 1 is 1.29 bits per heavy atom. The predicted molar refractivity (Wildman–Crippen MR) is 60.9 cm³/mol. The zero-order valence-electron chi connectivity index (χ0n) is 7.64. The van der Waals surface area contributed by atoms with E-state index in [1.807, 2.05) is 19.1 Å². The summed E-state index contributed by atoms with van der Waals surface area (Å²) in [5.41, 5.74) is 7.61. The average Bonchev–Trinajstić information content (AvgIpc) is 2.47. The summed E-state index contributed by atoms with van der Waals surface area (Å²) in [6, 6.07) is 5.52. The molecule has 2 rings (SSSR count). The lowest BCUT2D eigenvalue weighted by Gasteiger charge is -1.98. The zero-order valence-corrected chi connectivity index (χ0v) is 9.15. The number of nitrogens with one attached hydrogen (secondary N) is 1. The van der Waals surface area contributed by atoms with E-state index in [0.29, 0.717) is 10.0 Å². The summed E-state index contributed by atoms with van der Waals surface area (Å²) in [6.07, 6.45) is 0. The minimum Gasteiger partial charge on any atom is -0.356 e. The van der Waals surface area contributed by atoms with Crippen molar-refractivity contribution in [1.29, 1.82) is 0 Å². The van der Waals surface area contributed by atoms with Gasteiger partial charge in [0.1, 0.15) is 0 Å². The van der Waals surface area contributed by atoms with E-state index in [1.165, 1.54) is 0 Å². The quantitative estimate of drug-likeness (QED) is 0.772. The van der Waals surface area contributed by atoms with Crippen LogP contribution in [0.25, 0.3) is 10.9 Å². The van der Waals surface area contributed by atoms with Gasteiger partial charge in [0.05, 0.1) is 10.5 Å². The van der Waals surface area contributed by atoms with E-state index >= 15 is 0 Å². The van der Waals surface area contributed by atoms with Gasteiger partial charge in [-0.15, -0.1) is 0 Å². The fourth-order valence-electron chi connectivity index (χ4n) is 1.43. The smallest absolute Gasteiger partial charge is 0.0661 e. The van der Waals surface area contributed by atoms with Crippen molar-refractivity contribution in [1.82, 2.24) is 4.98 Å². The third-order valence-electron chi connectivity index (χ3n) is 2.16. The van der Waals surface area contributed by atoms with E-state index in [2.05, 4.69) is 4.98 Å². The molecule has 2 aromatic rings. The second-order valence-corrected chi connectivity index (χ2v) is 4.21. The molecular formula is C10H10Cl2N2. The molecule has 0 amide bonds. The van der Waals surface area contributed by atoms with Crippen molar-refractivity contribution < 1.29 is 0 Å². The molecule has 0 bridgehead atoms. The first-order chi connectivity index (χ1) is 6.58. The topological polar surface area (TPSA) is 41.8 Å². The molecular weight excluding hydrogens is 219 g/mol. The summed E-state index contributed by atoms with van der Waals surface area (Å²) in [5, 5.41) is 2.26. The Kier molecular flexibility index (Phi) is 2.43. The van der Waals surface area contributed by atoms with Crippen LogP contribution >= 0.6 is 23.2 Å². The molecule has 14 heavy (non-hydrogen) atoms. The Bertz CT molecular complexity index is 474. The summed E-state index contributed by atoms with van der Waals surface area (Å²) < 4.78 is 0. The molecule has 0 spiro atoms. The monoisotopic (exact) mass is 228 g/mol. The van der Waals surface area contributed by atoms with Crippen LogP contribution in [0.15, 0.2) is 18.2 Å². The fraction of sp³-hybridized carbons (Fsp3) is 0.200. The van der Waals surface area contributed by atoms with Crippen LogP contribution in [0.3, 0.4) is 0 Å². The lowest BCUT2D eigenvalue weighted by atomic mass is 10.2. The molecule has 0 radical (unpaired) electrons. The number of fused-ring (bicyclic) bond motifs is 1. The van der Waals surface area contributed by atoms with Gasteiger partial charge >= 0.3 is 0 Å². The SMILES string of the molecule is CC(N)c1cc2cc(Cl)cc(Cl)c2[nH]1. The molecule has 1 unspecified atom stereocenters. The van der Waals surface area contributed by atoms with Gasteiger partial charge in [-0.25, -0.2) is 0 Å².